The lowest BCUT2D eigenvalue weighted by atomic mass is 9.69. The molecule has 0 spiro atoms. The Kier molecular flexibility index (Phi) is 12.6. The van der Waals surface area contributed by atoms with Crippen molar-refractivity contribution in [2.75, 3.05) is 6.67 Å². The molecule has 0 atom stereocenters. The van der Waals surface area contributed by atoms with Crippen LogP contribution < -0.4 is 0 Å². The van der Waals surface area contributed by atoms with E-state index < -0.39 is 17.8 Å². The fourth-order valence-corrected chi connectivity index (χ4v) is 7.02. The molecule has 36 heavy (non-hydrogen) atoms. The molecule has 3 aliphatic rings. The van der Waals surface area contributed by atoms with Gasteiger partial charge in [-0.15, -0.1) is 0 Å². The normalized spacial score (nSPS) is 30.9. The highest BCUT2D eigenvalue weighted by molar-refractivity contribution is 5.28. The number of unbranched alkanes of at least 4 members (excludes halogenated alkanes) is 2. The van der Waals surface area contributed by atoms with Gasteiger partial charge in [-0.1, -0.05) is 58.3 Å². The van der Waals surface area contributed by atoms with Gasteiger partial charge in [0.1, 0.15) is 17.8 Å². The Labute approximate surface area is 218 Å². The third-order valence-corrected chi connectivity index (χ3v) is 9.61. The average Bonchev–Trinajstić information content (AvgIpc) is 2.89. The Bertz CT molecular complexity index is 716. The van der Waals surface area contributed by atoms with Crippen LogP contribution in [0.5, 0.6) is 0 Å². The van der Waals surface area contributed by atoms with Crippen LogP contribution in [-0.2, 0) is 0 Å². The first kappa shape index (κ1) is 29.5. The minimum Gasteiger partial charge on any atom is -0.251 e. The van der Waals surface area contributed by atoms with Gasteiger partial charge in [-0.3, -0.25) is 4.39 Å². The van der Waals surface area contributed by atoms with Crippen molar-refractivity contribution in [3.05, 3.63) is 34.9 Å². The zero-order valence-electron chi connectivity index (χ0n) is 22.9. The van der Waals surface area contributed by atoms with Crippen molar-refractivity contribution in [1.29, 1.82) is 0 Å². The maximum Gasteiger partial charge on any atom is 0.129 e. The lowest BCUT2D eigenvalue weighted by Crippen LogP contribution is -2.25. The van der Waals surface area contributed by atoms with Crippen molar-refractivity contribution in [3.63, 3.8) is 0 Å². The largest absolute Gasteiger partial charge is 0.251 e. The van der Waals surface area contributed by atoms with Gasteiger partial charge in [0, 0.05) is 5.56 Å². The summed E-state index contributed by atoms with van der Waals surface area (Å²) in [6.07, 6.45) is 18.8. The molecule has 0 nitrogen and oxygen atoms in total. The Morgan fingerprint density at radius 3 is 1.69 bits per heavy atom. The molecule has 3 saturated carbocycles. The monoisotopic (exact) mass is 510 g/mol. The summed E-state index contributed by atoms with van der Waals surface area (Å²) >= 11 is 0. The number of benzene rings is 1. The van der Waals surface area contributed by atoms with Gasteiger partial charge in [0.2, 0.25) is 0 Å². The Morgan fingerprint density at radius 2 is 1.19 bits per heavy atom. The predicted molar refractivity (Wildman–Crippen MR) is 143 cm³/mol. The standard InChI is InChI=1S/C19H25F3.C13H25F/c1-12-18(21)10-16(11-19(12)22)15-4-2-13(3-5-15)14-6-8-17(20)9-7-14;1-2-3-4-5-12-6-8-13(9-7-12)10-11-14/h10-11,13-15,17H,2-9H2,1H3;12-13H,2-11H2,1H3. The first-order valence-corrected chi connectivity index (χ1v) is 15.1. The van der Waals surface area contributed by atoms with Crippen LogP contribution in [0.3, 0.4) is 0 Å². The highest BCUT2D eigenvalue weighted by Crippen LogP contribution is 2.43. The van der Waals surface area contributed by atoms with Crippen LogP contribution in [0.2, 0.25) is 0 Å². The molecule has 3 aliphatic carbocycles. The number of hydrogen-bond donors (Lipinski definition) is 0. The van der Waals surface area contributed by atoms with E-state index in [0.717, 1.165) is 69.3 Å². The fourth-order valence-electron chi connectivity index (χ4n) is 7.02. The summed E-state index contributed by atoms with van der Waals surface area (Å²) in [4.78, 5) is 0. The van der Waals surface area contributed by atoms with Crippen molar-refractivity contribution >= 4 is 0 Å². The van der Waals surface area contributed by atoms with Gasteiger partial charge >= 0.3 is 0 Å². The third-order valence-electron chi connectivity index (χ3n) is 9.61. The molecule has 3 fully saturated rings. The van der Waals surface area contributed by atoms with Crippen LogP contribution in [0.25, 0.3) is 0 Å². The molecule has 0 unspecified atom stereocenters. The Hall–Kier alpha value is -1.06. The topological polar surface area (TPSA) is 0 Å². The van der Waals surface area contributed by atoms with E-state index in [0.29, 0.717) is 17.8 Å². The van der Waals surface area contributed by atoms with Gasteiger partial charge in [-0.25, -0.2) is 13.2 Å². The highest BCUT2D eigenvalue weighted by Gasteiger charge is 2.31. The molecule has 0 amide bonds. The minimum absolute atomic E-state index is 0.106. The molecule has 0 heterocycles. The lowest BCUT2D eigenvalue weighted by molar-refractivity contribution is 0.138. The molecule has 1 aromatic rings. The number of rotatable bonds is 8. The smallest absolute Gasteiger partial charge is 0.129 e. The van der Waals surface area contributed by atoms with E-state index in [-0.39, 0.29) is 18.2 Å². The van der Waals surface area contributed by atoms with Crippen molar-refractivity contribution in [2.45, 2.75) is 135 Å². The van der Waals surface area contributed by atoms with Crippen LogP contribution in [0.15, 0.2) is 12.1 Å². The zero-order valence-corrected chi connectivity index (χ0v) is 22.9. The van der Waals surface area contributed by atoms with Crippen molar-refractivity contribution in [2.24, 2.45) is 23.7 Å². The molecule has 0 N–H and O–H groups in total. The van der Waals surface area contributed by atoms with E-state index >= 15 is 0 Å². The van der Waals surface area contributed by atoms with E-state index in [2.05, 4.69) is 6.92 Å². The van der Waals surface area contributed by atoms with E-state index in [1.807, 2.05) is 0 Å². The summed E-state index contributed by atoms with van der Waals surface area (Å²) in [5, 5.41) is 0. The van der Waals surface area contributed by atoms with Crippen LogP contribution in [0, 0.1) is 42.2 Å². The van der Waals surface area contributed by atoms with Gasteiger partial charge in [0.15, 0.2) is 0 Å². The second kappa shape index (κ2) is 15.4. The van der Waals surface area contributed by atoms with Crippen molar-refractivity contribution in [1.82, 2.24) is 0 Å². The third kappa shape index (κ3) is 9.05. The summed E-state index contributed by atoms with van der Waals surface area (Å²) in [6, 6.07) is 3.02. The van der Waals surface area contributed by atoms with Gasteiger partial charge in [-0.05, 0) is 112 Å². The van der Waals surface area contributed by atoms with Crippen LogP contribution in [-0.4, -0.2) is 12.8 Å². The quantitative estimate of drug-likeness (QED) is 0.241. The molecule has 0 saturated heterocycles. The predicted octanol–water partition coefficient (Wildman–Crippen LogP) is 10.8. The summed E-state index contributed by atoms with van der Waals surface area (Å²) in [6.45, 7) is 3.63. The number of halogens is 4. The number of alkyl halides is 2. The second-order valence-electron chi connectivity index (χ2n) is 12.1. The van der Waals surface area contributed by atoms with Crippen LogP contribution in [0.4, 0.5) is 17.6 Å². The molecular formula is C32H50F4. The maximum atomic E-state index is 13.7. The molecular weight excluding hydrogens is 460 g/mol. The second-order valence-corrected chi connectivity index (χ2v) is 12.1. The van der Waals surface area contributed by atoms with Gasteiger partial charge in [0.25, 0.3) is 0 Å². The molecule has 0 radical (unpaired) electrons. The average molecular weight is 511 g/mol. The van der Waals surface area contributed by atoms with E-state index in [4.69, 9.17) is 0 Å². The van der Waals surface area contributed by atoms with E-state index in [1.165, 1.54) is 70.4 Å². The van der Waals surface area contributed by atoms with E-state index in [9.17, 15) is 17.6 Å². The zero-order chi connectivity index (χ0) is 25.9. The maximum absolute atomic E-state index is 13.7. The SMILES string of the molecule is CCCCCC1CCC(CCF)CC1.Cc1c(F)cc(C2CCC(C3CCC(F)CC3)CC2)cc1F. The lowest BCUT2D eigenvalue weighted by Gasteiger charge is -2.36. The van der Waals surface area contributed by atoms with Crippen molar-refractivity contribution in [3.8, 4) is 0 Å². The summed E-state index contributed by atoms with van der Waals surface area (Å²) in [7, 11) is 0. The summed E-state index contributed by atoms with van der Waals surface area (Å²) in [5.41, 5.74) is 0.923. The molecule has 4 heteroatoms. The van der Waals surface area contributed by atoms with Gasteiger partial charge in [-0.2, -0.15) is 0 Å². The van der Waals surface area contributed by atoms with Crippen molar-refractivity contribution < 1.29 is 17.6 Å². The molecule has 0 aliphatic heterocycles. The first-order chi connectivity index (χ1) is 17.4. The first-order valence-electron chi connectivity index (χ1n) is 15.1. The Balaban J connectivity index is 0.000000223. The van der Waals surface area contributed by atoms with Crippen LogP contribution in [0.1, 0.15) is 133 Å². The van der Waals surface area contributed by atoms with Gasteiger partial charge < -0.3 is 0 Å². The summed E-state index contributed by atoms with van der Waals surface area (Å²) < 4.78 is 52.8. The molecule has 4 rings (SSSR count). The summed E-state index contributed by atoms with van der Waals surface area (Å²) in [5.74, 6) is 2.44. The fraction of sp³-hybridized carbons (Fsp3) is 0.812. The number of hydrogen-bond acceptors (Lipinski definition) is 0. The van der Waals surface area contributed by atoms with Crippen LogP contribution >= 0.6 is 0 Å². The highest BCUT2D eigenvalue weighted by atomic mass is 19.1. The molecule has 1 aromatic carbocycles. The minimum atomic E-state index is -0.592. The van der Waals surface area contributed by atoms with E-state index in [1.54, 1.807) is 0 Å². The Morgan fingerprint density at radius 1 is 0.694 bits per heavy atom. The molecule has 0 aromatic heterocycles. The molecule has 0 bridgehead atoms. The van der Waals surface area contributed by atoms with Gasteiger partial charge in [0.05, 0.1) is 6.67 Å². The molecule has 206 valence electrons.